The molecule has 2 aromatic rings. The van der Waals surface area contributed by atoms with E-state index in [0.717, 1.165) is 16.2 Å². The van der Waals surface area contributed by atoms with Crippen LogP contribution in [0.4, 0.5) is 0 Å². The Morgan fingerprint density at radius 3 is 2.13 bits per heavy atom. The topological polar surface area (TPSA) is 17.1 Å². The maximum atomic E-state index is 12.3. The molecular formula is C13H13OP. The smallest absolute Gasteiger partial charge is 0.132 e. The standard InChI is InChI=1S/C13H13OP/c1-11-7-5-6-10-13(11)15(14)12-8-3-2-4-9-12/h2-10,15H,1H3. The van der Waals surface area contributed by atoms with Gasteiger partial charge in [0.1, 0.15) is 7.80 Å². The summed E-state index contributed by atoms with van der Waals surface area (Å²) in [6.45, 7) is 2.00. The fourth-order valence-corrected chi connectivity index (χ4v) is 3.07. The lowest BCUT2D eigenvalue weighted by Crippen LogP contribution is -2.08. The van der Waals surface area contributed by atoms with E-state index < -0.39 is 7.80 Å². The normalized spacial score (nSPS) is 12.3. The average molecular weight is 216 g/mol. The van der Waals surface area contributed by atoms with Gasteiger partial charge in [0.2, 0.25) is 0 Å². The van der Waals surface area contributed by atoms with E-state index >= 15 is 0 Å². The zero-order valence-electron chi connectivity index (χ0n) is 8.60. The van der Waals surface area contributed by atoms with Gasteiger partial charge in [-0.05, 0) is 12.5 Å². The summed E-state index contributed by atoms with van der Waals surface area (Å²) in [6.07, 6.45) is 0. The van der Waals surface area contributed by atoms with Crippen LogP contribution in [0.15, 0.2) is 54.6 Å². The Morgan fingerprint density at radius 2 is 1.47 bits per heavy atom. The highest BCUT2D eigenvalue weighted by molar-refractivity contribution is 7.61. The van der Waals surface area contributed by atoms with Crippen LogP contribution in [-0.2, 0) is 4.57 Å². The third-order valence-corrected chi connectivity index (χ3v) is 4.33. The van der Waals surface area contributed by atoms with Crippen molar-refractivity contribution in [2.45, 2.75) is 6.92 Å². The van der Waals surface area contributed by atoms with Crippen LogP contribution in [0.2, 0.25) is 0 Å². The number of hydrogen-bond donors (Lipinski definition) is 0. The van der Waals surface area contributed by atoms with Crippen LogP contribution in [-0.4, -0.2) is 0 Å². The first-order valence-electron chi connectivity index (χ1n) is 4.94. The van der Waals surface area contributed by atoms with Crippen molar-refractivity contribution >= 4 is 18.4 Å². The molecule has 0 aliphatic rings. The maximum absolute atomic E-state index is 12.3. The molecule has 1 unspecified atom stereocenters. The quantitative estimate of drug-likeness (QED) is 0.705. The van der Waals surface area contributed by atoms with Gasteiger partial charge in [0.05, 0.1) is 0 Å². The van der Waals surface area contributed by atoms with Gasteiger partial charge in [-0.2, -0.15) is 0 Å². The summed E-state index contributed by atoms with van der Waals surface area (Å²) < 4.78 is 12.3. The van der Waals surface area contributed by atoms with Crippen molar-refractivity contribution in [3.8, 4) is 0 Å². The summed E-state index contributed by atoms with van der Waals surface area (Å²) in [5.41, 5.74) is 1.10. The highest BCUT2D eigenvalue weighted by Crippen LogP contribution is 2.20. The van der Waals surface area contributed by atoms with Crippen molar-refractivity contribution in [1.29, 1.82) is 0 Å². The number of aryl methyl sites for hydroxylation is 1. The molecule has 0 spiro atoms. The van der Waals surface area contributed by atoms with Crippen LogP contribution in [0.1, 0.15) is 5.56 Å². The highest BCUT2D eigenvalue weighted by atomic mass is 31.1. The first-order chi connectivity index (χ1) is 7.29. The van der Waals surface area contributed by atoms with Crippen LogP contribution >= 0.6 is 7.80 Å². The summed E-state index contributed by atoms with van der Waals surface area (Å²) >= 11 is 0. The Labute approximate surface area is 90.6 Å². The molecule has 2 heteroatoms. The second-order valence-electron chi connectivity index (χ2n) is 3.51. The van der Waals surface area contributed by atoms with Crippen molar-refractivity contribution in [3.63, 3.8) is 0 Å². The summed E-state index contributed by atoms with van der Waals surface area (Å²) in [4.78, 5) is 0. The molecular weight excluding hydrogens is 203 g/mol. The van der Waals surface area contributed by atoms with Crippen LogP contribution in [0.3, 0.4) is 0 Å². The van der Waals surface area contributed by atoms with Gasteiger partial charge in [-0.3, -0.25) is 0 Å². The molecule has 1 atom stereocenters. The van der Waals surface area contributed by atoms with Crippen LogP contribution in [0, 0.1) is 6.92 Å². The van der Waals surface area contributed by atoms with Crippen LogP contribution < -0.4 is 10.6 Å². The Morgan fingerprint density at radius 1 is 0.867 bits per heavy atom. The molecule has 0 saturated heterocycles. The lowest BCUT2D eigenvalue weighted by molar-refractivity contribution is 0.598. The summed E-state index contributed by atoms with van der Waals surface area (Å²) in [6, 6.07) is 17.5. The number of rotatable bonds is 2. The highest BCUT2D eigenvalue weighted by Gasteiger charge is 2.07. The van der Waals surface area contributed by atoms with E-state index in [0.29, 0.717) is 0 Å². The zero-order valence-corrected chi connectivity index (χ0v) is 9.60. The Balaban J connectivity index is 2.42. The lowest BCUT2D eigenvalue weighted by atomic mass is 10.2. The molecule has 76 valence electrons. The third kappa shape index (κ3) is 2.19. The van der Waals surface area contributed by atoms with E-state index in [9.17, 15) is 4.57 Å². The van der Waals surface area contributed by atoms with Gasteiger partial charge < -0.3 is 4.57 Å². The van der Waals surface area contributed by atoms with E-state index in [4.69, 9.17) is 0 Å². The molecule has 0 heterocycles. The Kier molecular flexibility index (Phi) is 3.03. The lowest BCUT2D eigenvalue weighted by Gasteiger charge is -2.05. The van der Waals surface area contributed by atoms with Gasteiger partial charge in [0, 0.05) is 10.6 Å². The van der Waals surface area contributed by atoms with Crippen molar-refractivity contribution in [2.75, 3.05) is 0 Å². The molecule has 0 fully saturated rings. The molecule has 0 N–H and O–H groups in total. The van der Waals surface area contributed by atoms with E-state index in [1.165, 1.54) is 0 Å². The molecule has 2 rings (SSSR count). The van der Waals surface area contributed by atoms with E-state index in [1.807, 2.05) is 61.5 Å². The van der Waals surface area contributed by atoms with Gasteiger partial charge in [0.15, 0.2) is 0 Å². The monoisotopic (exact) mass is 216 g/mol. The largest absolute Gasteiger partial charge is 0.317 e. The maximum Gasteiger partial charge on any atom is 0.132 e. The summed E-state index contributed by atoms with van der Waals surface area (Å²) in [7, 11) is -1.82. The van der Waals surface area contributed by atoms with Gasteiger partial charge in [0.25, 0.3) is 0 Å². The fourth-order valence-electron chi connectivity index (χ4n) is 1.57. The van der Waals surface area contributed by atoms with E-state index in [2.05, 4.69) is 0 Å². The van der Waals surface area contributed by atoms with E-state index in [1.54, 1.807) is 0 Å². The minimum Gasteiger partial charge on any atom is -0.317 e. The first-order valence-corrected chi connectivity index (χ1v) is 6.35. The molecule has 15 heavy (non-hydrogen) atoms. The van der Waals surface area contributed by atoms with Gasteiger partial charge in [-0.15, -0.1) is 0 Å². The van der Waals surface area contributed by atoms with Crippen molar-refractivity contribution in [1.82, 2.24) is 0 Å². The molecule has 0 aliphatic heterocycles. The van der Waals surface area contributed by atoms with Crippen molar-refractivity contribution in [3.05, 3.63) is 60.2 Å². The Bertz CT molecular complexity index is 477. The molecule has 0 bridgehead atoms. The van der Waals surface area contributed by atoms with Gasteiger partial charge in [-0.1, -0.05) is 54.6 Å². The zero-order chi connectivity index (χ0) is 10.7. The third-order valence-electron chi connectivity index (χ3n) is 2.43. The summed E-state index contributed by atoms with van der Waals surface area (Å²) in [5.74, 6) is 0. The van der Waals surface area contributed by atoms with Gasteiger partial charge >= 0.3 is 0 Å². The van der Waals surface area contributed by atoms with Crippen LogP contribution in [0.25, 0.3) is 0 Å². The molecule has 0 saturated carbocycles. The van der Waals surface area contributed by atoms with Crippen molar-refractivity contribution < 1.29 is 4.57 Å². The second-order valence-corrected chi connectivity index (χ2v) is 5.28. The predicted octanol–water partition coefficient (Wildman–Crippen LogP) is 2.51. The number of benzene rings is 2. The SMILES string of the molecule is Cc1ccccc1[PH](=O)c1ccccc1. The molecule has 0 amide bonds. The Hall–Kier alpha value is -1.33. The van der Waals surface area contributed by atoms with E-state index in [-0.39, 0.29) is 0 Å². The first kappa shape index (κ1) is 10.2. The second kappa shape index (κ2) is 4.46. The molecule has 1 nitrogen and oxygen atoms in total. The molecule has 2 aromatic carbocycles. The molecule has 0 radical (unpaired) electrons. The average Bonchev–Trinajstić information content (AvgIpc) is 2.30. The van der Waals surface area contributed by atoms with Crippen molar-refractivity contribution in [2.24, 2.45) is 0 Å². The molecule has 0 aromatic heterocycles. The van der Waals surface area contributed by atoms with Gasteiger partial charge in [-0.25, -0.2) is 0 Å². The minimum absolute atomic E-state index is 0.928. The minimum atomic E-state index is -1.82. The predicted molar refractivity (Wildman–Crippen MR) is 65.9 cm³/mol. The fraction of sp³-hybridized carbons (Fsp3) is 0.0769. The van der Waals surface area contributed by atoms with Crippen LogP contribution in [0.5, 0.6) is 0 Å². The summed E-state index contributed by atoms with van der Waals surface area (Å²) in [5, 5.41) is 1.89. The number of hydrogen-bond acceptors (Lipinski definition) is 1. The molecule has 0 aliphatic carbocycles.